The first kappa shape index (κ1) is 17.5. The maximum Gasteiger partial charge on any atom is 0.440 e. The molecule has 6 nitrogen and oxygen atoms in total. The second-order valence-electron chi connectivity index (χ2n) is 7.01. The SMILES string of the molecule is O=C(NOC(=O)C1CCC(O)C1)OCC1c2ccccc2-c2ccccc21. The standard InChI is InChI=1S/C21H21NO5/c23-14-10-9-13(11-14)20(24)27-22-21(25)26-12-19-17-7-3-1-5-15(17)16-6-2-4-8-18(16)19/h1-8,13-14,19,23H,9-12H2,(H,22,25). The van der Waals surface area contributed by atoms with Gasteiger partial charge in [0.15, 0.2) is 0 Å². The second-order valence-corrected chi connectivity index (χ2v) is 7.01. The monoisotopic (exact) mass is 367 g/mol. The minimum Gasteiger partial charge on any atom is -0.446 e. The van der Waals surface area contributed by atoms with Crippen molar-refractivity contribution in [3.8, 4) is 11.1 Å². The van der Waals surface area contributed by atoms with Crippen molar-refractivity contribution in [1.82, 2.24) is 5.48 Å². The van der Waals surface area contributed by atoms with Gasteiger partial charge in [-0.2, -0.15) is 0 Å². The first-order valence-corrected chi connectivity index (χ1v) is 9.13. The molecule has 2 aliphatic rings. The van der Waals surface area contributed by atoms with Crippen molar-refractivity contribution in [1.29, 1.82) is 0 Å². The molecular formula is C21H21NO5. The molecular weight excluding hydrogens is 346 g/mol. The van der Waals surface area contributed by atoms with Crippen molar-refractivity contribution < 1.29 is 24.3 Å². The fraction of sp³-hybridized carbons (Fsp3) is 0.333. The molecule has 1 saturated carbocycles. The molecule has 0 radical (unpaired) electrons. The van der Waals surface area contributed by atoms with Gasteiger partial charge in [0, 0.05) is 5.92 Å². The summed E-state index contributed by atoms with van der Waals surface area (Å²) < 4.78 is 5.30. The van der Waals surface area contributed by atoms with Crippen LogP contribution in [0.25, 0.3) is 11.1 Å². The number of rotatable bonds is 3. The molecule has 140 valence electrons. The molecule has 1 fully saturated rings. The summed E-state index contributed by atoms with van der Waals surface area (Å²) in [5.41, 5.74) is 6.58. The van der Waals surface area contributed by atoms with Crippen molar-refractivity contribution in [3.05, 3.63) is 59.7 Å². The zero-order chi connectivity index (χ0) is 18.8. The highest BCUT2D eigenvalue weighted by Crippen LogP contribution is 2.44. The maximum absolute atomic E-state index is 11.9. The topological polar surface area (TPSA) is 84.9 Å². The fourth-order valence-electron chi connectivity index (χ4n) is 3.97. The summed E-state index contributed by atoms with van der Waals surface area (Å²) >= 11 is 0. The Morgan fingerprint density at radius 2 is 1.63 bits per heavy atom. The summed E-state index contributed by atoms with van der Waals surface area (Å²) in [4.78, 5) is 28.6. The Hall–Kier alpha value is -2.86. The second kappa shape index (κ2) is 7.40. The first-order valence-electron chi connectivity index (χ1n) is 9.13. The van der Waals surface area contributed by atoms with Crippen LogP contribution in [-0.2, 0) is 14.4 Å². The highest BCUT2D eigenvalue weighted by atomic mass is 16.7. The number of amides is 1. The molecule has 0 saturated heterocycles. The van der Waals surface area contributed by atoms with Gasteiger partial charge in [-0.3, -0.25) is 0 Å². The van der Waals surface area contributed by atoms with Gasteiger partial charge < -0.3 is 14.7 Å². The van der Waals surface area contributed by atoms with E-state index in [1.807, 2.05) is 36.4 Å². The number of carbonyl (C=O) groups is 2. The van der Waals surface area contributed by atoms with Gasteiger partial charge in [-0.15, -0.1) is 5.48 Å². The molecule has 27 heavy (non-hydrogen) atoms. The summed E-state index contributed by atoms with van der Waals surface area (Å²) in [6.45, 7) is 0.152. The number of ether oxygens (including phenoxy) is 1. The van der Waals surface area contributed by atoms with E-state index >= 15 is 0 Å². The third-order valence-corrected chi connectivity index (χ3v) is 5.32. The number of fused-ring (bicyclic) bond motifs is 3. The van der Waals surface area contributed by atoms with Crippen molar-refractivity contribution in [3.63, 3.8) is 0 Å². The van der Waals surface area contributed by atoms with E-state index in [0.717, 1.165) is 22.3 Å². The summed E-state index contributed by atoms with van der Waals surface area (Å²) in [6.07, 6.45) is 0.225. The van der Waals surface area contributed by atoms with Crippen LogP contribution in [-0.4, -0.2) is 29.9 Å². The van der Waals surface area contributed by atoms with E-state index in [2.05, 4.69) is 17.6 Å². The van der Waals surface area contributed by atoms with Crippen LogP contribution in [0.15, 0.2) is 48.5 Å². The average molecular weight is 367 g/mol. The lowest BCUT2D eigenvalue weighted by atomic mass is 9.98. The molecule has 0 aliphatic heterocycles. The van der Waals surface area contributed by atoms with Crippen LogP contribution in [0.1, 0.15) is 36.3 Å². The highest BCUT2D eigenvalue weighted by molar-refractivity contribution is 5.79. The van der Waals surface area contributed by atoms with E-state index in [9.17, 15) is 14.7 Å². The summed E-state index contributed by atoms with van der Waals surface area (Å²) in [6, 6.07) is 16.1. The van der Waals surface area contributed by atoms with Crippen LogP contribution in [0.3, 0.4) is 0 Å². The third kappa shape index (κ3) is 3.53. The van der Waals surface area contributed by atoms with Crippen LogP contribution in [0, 0.1) is 5.92 Å². The number of carbonyl (C=O) groups excluding carboxylic acids is 2. The lowest BCUT2D eigenvalue weighted by molar-refractivity contribution is -0.154. The molecule has 2 aromatic rings. The summed E-state index contributed by atoms with van der Waals surface area (Å²) in [5.74, 6) is -0.974. The number of hydrogen-bond acceptors (Lipinski definition) is 5. The molecule has 2 atom stereocenters. The number of aliphatic hydroxyl groups is 1. The van der Waals surface area contributed by atoms with Gasteiger partial charge >= 0.3 is 12.1 Å². The van der Waals surface area contributed by atoms with Crippen LogP contribution < -0.4 is 5.48 Å². The van der Waals surface area contributed by atoms with Gasteiger partial charge in [0.1, 0.15) is 6.61 Å². The zero-order valence-corrected chi connectivity index (χ0v) is 14.8. The zero-order valence-electron chi connectivity index (χ0n) is 14.8. The van der Waals surface area contributed by atoms with E-state index in [1.54, 1.807) is 0 Å². The molecule has 2 N–H and O–H groups in total. The Balaban J connectivity index is 1.35. The smallest absolute Gasteiger partial charge is 0.440 e. The Kier molecular flexibility index (Phi) is 4.81. The van der Waals surface area contributed by atoms with Crippen LogP contribution >= 0.6 is 0 Å². The van der Waals surface area contributed by atoms with E-state index in [-0.39, 0.29) is 18.4 Å². The molecule has 0 bridgehead atoms. The predicted molar refractivity (Wildman–Crippen MR) is 97.6 cm³/mol. The first-order chi connectivity index (χ1) is 13.1. The molecule has 0 heterocycles. The minimum absolute atomic E-state index is 0.0520. The number of benzene rings is 2. The number of hydrogen-bond donors (Lipinski definition) is 2. The van der Waals surface area contributed by atoms with Crippen molar-refractivity contribution in [2.75, 3.05) is 6.61 Å². The van der Waals surface area contributed by atoms with E-state index in [4.69, 9.17) is 9.57 Å². The largest absolute Gasteiger partial charge is 0.446 e. The number of nitrogens with one attached hydrogen (secondary N) is 1. The molecule has 0 spiro atoms. The van der Waals surface area contributed by atoms with Gasteiger partial charge in [0.2, 0.25) is 0 Å². The van der Waals surface area contributed by atoms with Crippen molar-refractivity contribution >= 4 is 12.1 Å². The van der Waals surface area contributed by atoms with E-state index in [1.165, 1.54) is 0 Å². The highest BCUT2D eigenvalue weighted by Gasteiger charge is 2.31. The fourth-order valence-corrected chi connectivity index (χ4v) is 3.97. The molecule has 2 unspecified atom stereocenters. The van der Waals surface area contributed by atoms with Gasteiger partial charge in [0.05, 0.1) is 12.0 Å². The summed E-state index contributed by atoms with van der Waals surface area (Å²) in [7, 11) is 0. The molecule has 0 aromatic heterocycles. The van der Waals surface area contributed by atoms with Gasteiger partial charge in [-0.05, 0) is 41.5 Å². The van der Waals surface area contributed by atoms with Crippen molar-refractivity contribution in [2.24, 2.45) is 5.92 Å². The van der Waals surface area contributed by atoms with E-state index in [0.29, 0.717) is 19.3 Å². The Morgan fingerprint density at radius 3 is 2.22 bits per heavy atom. The van der Waals surface area contributed by atoms with Crippen molar-refractivity contribution in [2.45, 2.75) is 31.3 Å². The Bertz CT molecular complexity index is 820. The van der Waals surface area contributed by atoms with Crippen LogP contribution in [0.5, 0.6) is 0 Å². The van der Waals surface area contributed by atoms with E-state index < -0.39 is 18.2 Å². The Morgan fingerprint density at radius 1 is 1.00 bits per heavy atom. The van der Waals surface area contributed by atoms with Crippen LogP contribution in [0.4, 0.5) is 4.79 Å². The third-order valence-electron chi connectivity index (χ3n) is 5.32. The van der Waals surface area contributed by atoms with Gasteiger partial charge in [0.25, 0.3) is 0 Å². The normalized spacial score (nSPS) is 20.6. The summed E-state index contributed by atoms with van der Waals surface area (Å²) in [5, 5.41) is 9.47. The van der Waals surface area contributed by atoms with Gasteiger partial charge in [-0.25, -0.2) is 9.59 Å². The minimum atomic E-state index is -0.802. The maximum atomic E-state index is 11.9. The number of aliphatic hydroxyl groups excluding tert-OH is 1. The molecule has 2 aromatic carbocycles. The predicted octanol–water partition coefficient (Wildman–Crippen LogP) is 3.14. The molecule has 2 aliphatic carbocycles. The average Bonchev–Trinajstić information content (AvgIpc) is 3.26. The molecule has 1 amide bonds. The lowest BCUT2D eigenvalue weighted by Crippen LogP contribution is -2.31. The molecule has 6 heteroatoms. The number of hydroxylamine groups is 1. The Labute approximate surface area is 157 Å². The molecule has 4 rings (SSSR count). The van der Waals surface area contributed by atoms with Gasteiger partial charge in [-0.1, -0.05) is 48.5 Å². The quantitative estimate of drug-likeness (QED) is 0.814. The van der Waals surface area contributed by atoms with Crippen LogP contribution in [0.2, 0.25) is 0 Å². The lowest BCUT2D eigenvalue weighted by Gasteiger charge is -2.15.